The summed E-state index contributed by atoms with van der Waals surface area (Å²) in [7, 11) is 3.69. The van der Waals surface area contributed by atoms with Crippen LogP contribution < -0.4 is 15.8 Å². The van der Waals surface area contributed by atoms with Crippen LogP contribution in [0.3, 0.4) is 0 Å². The number of aryl methyl sites for hydroxylation is 1. The summed E-state index contributed by atoms with van der Waals surface area (Å²) in [5.74, 6) is 0.931. The van der Waals surface area contributed by atoms with Crippen LogP contribution in [-0.2, 0) is 7.05 Å². The van der Waals surface area contributed by atoms with Crippen molar-refractivity contribution < 1.29 is 5.11 Å². The van der Waals surface area contributed by atoms with Crippen molar-refractivity contribution in [2.75, 3.05) is 11.9 Å². The van der Waals surface area contributed by atoms with E-state index in [1.165, 1.54) is 23.6 Å². The number of hydrogen-bond donors (Lipinski definition) is 2. The molecule has 160 valence electrons. The summed E-state index contributed by atoms with van der Waals surface area (Å²) in [6, 6.07) is 12.3. The summed E-state index contributed by atoms with van der Waals surface area (Å²) >= 11 is 0. The molecule has 8 heteroatoms. The van der Waals surface area contributed by atoms with Crippen LogP contribution in [-0.4, -0.2) is 50.3 Å². The van der Waals surface area contributed by atoms with Gasteiger partial charge >= 0.3 is 0 Å². The Balaban J connectivity index is 1.35. The zero-order valence-corrected chi connectivity index (χ0v) is 17.7. The van der Waals surface area contributed by atoms with Gasteiger partial charge in [0.15, 0.2) is 5.82 Å². The van der Waals surface area contributed by atoms with E-state index in [9.17, 15) is 9.90 Å². The second kappa shape index (κ2) is 7.77. The normalized spacial score (nSPS) is 22.5. The summed E-state index contributed by atoms with van der Waals surface area (Å²) < 4.78 is 1.26. The van der Waals surface area contributed by atoms with E-state index in [1.807, 2.05) is 18.2 Å². The van der Waals surface area contributed by atoms with Crippen molar-refractivity contribution in [3.05, 3.63) is 52.9 Å². The SMILES string of the molecule is CN(c1ccc(-c2ccc(-c3cnn(C)c(=O)c3)cc2O)nn1)[C@H]1C[C@H]2CC[C@@H](C1)N2. The van der Waals surface area contributed by atoms with Gasteiger partial charge in [0.05, 0.1) is 11.9 Å². The van der Waals surface area contributed by atoms with E-state index in [0.29, 0.717) is 34.9 Å². The summed E-state index contributed by atoms with van der Waals surface area (Å²) in [6.45, 7) is 0. The number of piperidine rings is 1. The van der Waals surface area contributed by atoms with Gasteiger partial charge in [-0.15, -0.1) is 10.2 Å². The summed E-state index contributed by atoms with van der Waals surface area (Å²) in [5, 5.41) is 27.1. The van der Waals surface area contributed by atoms with Crippen LogP contribution in [0.2, 0.25) is 0 Å². The van der Waals surface area contributed by atoms with Gasteiger partial charge in [-0.25, -0.2) is 4.68 Å². The topological polar surface area (TPSA) is 96.2 Å². The molecule has 0 unspecified atom stereocenters. The van der Waals surface area contributed by atoms with Crippen LogP contribution in [0.4, 0.5) is 5.82 Å². The summed E-state index contributed by atoms with van der Waals surface area (Å²) in [4.78, 5) is 14.1. The highest BCUT2D eigenvalue weighted by molar-refractivity contribution is 5.74. The molecule has 1 aromatic carbocycles. The number of fused-ring (bicyclic) bond motifs is 2. The first-order chi connectivity index (χ1) is 15.0. The van der Waals surface area contributed by atoms with Crippen molar-refractivity contribution in [3.63, 3.8) is 0 Å². The molecule has 3 aromatic rings. The number of nitrogens with one attached hydrogen (secondary N) is 1. The Kier molecular flexibility index (Phi) is 4.94. The van der Waals surface area contributed by atoms with E-state index in [2.05, 4.69) is 32.6 Å². The molecule has 5 rings (SSSR count). The van der Waals surface area contributed by atoms with Crippen molar-refractivity contribution in [1.82, 2.24) is 25.3 Å². The van der Waals surface area contributed by atoms with Crippen molar-refractivity contribution in [2.24, 2.45) is 7.05 Å². The first-order valence-electron chi connectivity index (χ1n) is 10.7. The molecular weight excluding hydrogens is 392 g/mol. The molecule has 4 heterocycles. The second-order valence-corrected chi connectivity index (χ2v) is 8.59. The average molecular weight is 419 g/mol. The fourth-order valence-corrected chi connectivity index (χ4v) is 4.74. The van der Waals surface area contributed by atoms with Gasteiger partial charge in [-0.3, -0.25) is 4.79 Å². The lowest BCUT2D eigenvalue weighted by Crippen LogP contribution is -2.47. The van der Waals surface area contributed by atoms with Gasteiger partial charge in [-0.2, -0.15) is 5.10 Å². The van der Waals surface area contributed by atoms with Crippen molar-refractivity contribution in [3.8, 4) is 28.1 Å². The van der Waals surface area contributed by atoms with E-state index in [4.69, 9.17) is 0 Å². The van der Waals surface area contributed by atoms with Gasteiger partial charge in [0.25, 0.3) is 5.56 Å². The van der Waals surface area contributed by atoms with Gasteiger partial charge in [-0.05, 0) is 55.5 Å². The molecule has 2 bridgehead atoms. The highest BCUT2D eigenvalue weighted by atomic mass is 16.3. The Labute approximate surface area is 180 Å². The highest BCUT2D eigenvalue weighted by Gasteiger charge is 2.35. The highest BCUT2D eigenvalue weighted by Crippen LogP contribution is 2.33. The Morgan fingerprint density at radius 2 is 1.84 bits per heavy atom. The lowest BCUT2D eigenvalue weighted by Gasteiger charge is -2.36. The summed E-state index contributed by atoms with van der Waals surface area (Å²) in [5.41, 5.74) is 2.38. The predicted octanol–water partition coefficient (Wildman–Crippen LogP) is 2.33. The number of hydrogen-bond acceptors (Lipinski definition) is 7. The van der Waals surface area contributed by atoms with Crippen molar-refractivity contribution >= 4 is 5.82 Å². The standard InChI is InChI=1S/C23H26N6O2/c1-28(18-11-16-4-5-17(12-18)25-16)22-8-7-20(26-27-22)19-6-3-14(9-21(19)30)15-10-23(31)29(2)24-13-15/h3,6-10,13,16-18,25,30H,4-5,11-12H2,1-2H3/t16-,17+,18+. The number of aromatic hydroxyl groups is 1. The van der Waals surface area contributed by atoms with Crippen LogP contribution in [0.1, 0.15) is 25.7 Å². The van der Waals surface area contributed by atoms with Crippen molar-refractivity contribution in [2.45, 2.75) is 43.8 Å². The van der Waals surface area contributed by atoms with Crippen LogP contribution in [0, 0.1) is 0 Å². The number of benzene rings is 1. The third-order valence-electron chi connectivity index (χ3n) is 6.58. The molecule has 0 radical (unpaired) electrons. The smallest absolute Gasteiger partial charge is 0.267 e. The van der Waals surface area contributed by atoms with E-state index >= 15 is 0 Å². The van der Waals surface area contributed by atoms with Crippen LogP contribution in [0.25, 0.3) is 22.4 Å². The molecule has 8 nitrogen and oxygen atoms in total. The minimum absolute atomic E-state index is 0.0866. The first-order valence-corrected chi connectivity index (χ1v) is 10.7. The predicted molar refractivity (Wildman–Crippen MR) is 119 cm³/mol. The number of anilines is 1. The minimum Gasteiger partial charge on any atom is -0.507 e. The van der Waals surface area contributed by atoms with Crippen molar-refractivity contribution in [1.29, 1.82) is 0 Å². The maximum atomic E-state index is 11.8. The molecule has 2 fully saturated rings. The molecule has 0 amide bonds. The Bertz CT molecular complexity index is 1150. The lowest BCUT2D eigenvalue weighted by atomic mass is 9.98. The second-order valence-electron chi connectivity index (χ2n) is 8.59. The fourth-order valence-electron chi connectivity index (χ4n) is 4.74. The third kappa shape index (κ3) is 3.79. The number of phenolic OH excluding ortho intramolecular Hbond substituents is 1. The van der Waals surface area contributed by atoms with Crippen LogP contribution in [0.5, 0.6) is 5.75 Å². The molecule has 0 spiro atoms. The molecular formula is C23H26N6O2. The molecule has 2 aliphatic heterocycles. The monoisotopic (exact) mass is 418 g/mol. The molecule has 0 aliphatic carbocycles. The Morgan fingerprint density at radius 1 is 1.06 bits per heavy atom. The molecule has 2 aromatic heterocycles. The maximum Gasteiger partial charge on any atom is 0.267 e. The first kappa shape index (κ1) is 19.7. The molecule has 0 saturated carbocycles. The largest absolute Gasteiger partial charge is 0.507 e. The van der Waals surface area contributed by atoms with Gasteiger partial charge in [0, 0.05) is 49.4 Å². The van der Waals surface area contributed by atoms with E-state index < -0.39 is 0 Å². The van der Waals surface area contributed by atoms with Gasteiger partial charge in [0.1, 0.15) is 5.75 Å². The summed E-state index contributed by atoms with van der Waals surface area (Å²) in [6.07, 6.45) is 6.41. The Morgan fingerprint density at radius 3 is 2.48 bits per heavy atom. The third-order valence-corrected chi connectivity index (χ3v) is 6.58. The molecule has 2 saturated heterocycles. The minimum atomic E-state index is -0.201. The maximum absolute atomic E-state index is 11.8. The number of phenols is 1. The number of aromatic nitrogens is 4. The van der Waals surface area contributed by atoms with Gasteiger partial charge in [-0.1, -0.05) is 6.07 Å². The zero-order valence-electron chi connectivity index (χ0n) is 17.7. The van der Waals surface area contributed by atoms with Crippen LogP contribution >= 0.6 is 0 Å². The molecule has 3 atom stereocenters. The van der Waals surface area contributed by atoms with Gasteiger partial charge < -0.3 is 15.3 Å². The molecule has 2 N–H and O–H groups in total. The average Bonchev–Trinajstić information content (AvgIpc) is 3.12. The van der Waals surface area contributed by atoms with E-state index in [-0.39, 0.29) is 11.3 Å². The van der Waals surface area contributed by atoms with E-state index in [1.54, 1.807) is 25.4 Å². The Hall–Kier alpha value is -3.26. The zero-order chi connectivity index (χ0) is 21.5. The fraction of sp³-hybridized carbons (Fsp3) is 0.391. The molecule has 2 aliphatic rings. The lowest BCUT2D eigenvalue weighted by molar-refractivity contribution is 0.353. The number of rotatable bonds is 4. The number of nitrogens with zero attached hydrogens (tertiary/aromatic N) is 5. The van der Waals surface area contributed by atoms with Gasteiger partial charge in [0.2, 0.25) is 0 Å². The molecule has 31 heavy (non-hydrogen) atoms. The van der Waals surface area contributed by atoms with Crippen LogP contribution in [0.15, 0.2) is 47.4 Å². The quantitative estimate of drug-likeness (QED) is 0.671. The van der Waals surface area contributed by atoms with E-state index in [0.717, 1.165) is 24.2 Å².